The highest BCUT2D eigenvalue weighted by Crippen LogP contribution is 1.98. The lowest BCUT2D eigenvalue weighted by molar-refractivity contribution is 1.50. The van der Waals surface area contributed by atoms with Crippen LogP contribution in [0.1, 0.15) is 13.8 Å². The van der Waals surface area contributed by atoms with Gasteiger partial charge in [-0.2, -0.15) is 0 Å². The smallest absolute Gasteiger partial charge is 0.0882 e. The van der Waals surface area contributed by atoms with Crippen molar-refractivity contribution in [2.45, 2.75) is 13.8 Å². The number of rotatable bonds is 1. The lowest BCUT2D eigenvalue weighted by Crippen LogP contribution is -1.60. The van der Waals surface area contributed by atoms with E-state index >= 15 is 0 Å². The summed E-state index contributed by atoms with van der Waals surface area (Å²) < 4.78 is 0. The van der Waals surface area contributed by atoms with E-state index in [4.69, 9.17) is 0 Å². The van der Waals surface area contributed by atoms with Crippen LogP contribution in [0.2, 0.25) is 0 Å². The number of allylic oxidation sites excluding steroid dienone is 1. The second-order valence-electron chi connectivity index (χ2n) is 1.03. The molecule has 0 unspecified atom stereocenters. The maximum Gasteiger partial charge on any atom is 0.0882 e. The highest BCUT2D eigenvalue weighted by atomic mass is 32.1. The van der Waals surface area contributed by atoms with Crippen molar-refractivity contribution < 1.29 is 0 Å². The van der Waals surface area contributed by atoms with Crippen LogP contribution in [0.4, 0.5) is 0 Å². The van der Waals surface area contributed by atoms with Crippen LogP contribution >= 0.6 is 12.6 Å². The van der Waals surface area contributed by atoms with Crippen molar-refractivity contribution in [2.24, 2.45) is 4.99 Å². The molecule has 0 atom stereocenters. The fourth-order valence-corrected chi connectivity index (χ4v) is 0.322. The van der Waals surface area contributed by atoms with Crippen LogP contribution in [0.3, 0.4) is 0 Å². The van der Waals surface area contributed by atoms with Crippen molar-refractivity contribution >= 4 is 18.8 Å². The molecule has 0 aliphatic carbocycles. The fraction of sp³-hybridized carbons (Fsp3) is 0.400. The number of aliphatic imine (C=N–C) groups is 1. The average Bonchev–Trinajstić information content (AvgIpc) is 1.68. The molecule has 0 aromatic rings. The molecular weight excluding hydrogens is 106 g/mol. The van der Waals surface area contributed by atoms with Crippen LogP contribution < -0.4 is 0 Å². The van der Waals surface area contributed by atoms with Gasteiger partial charge in [0.15, 0.2) is 0 Å². The zero-order valence-electron chi connectivity index (χ0n) is 4.55. The van der Waals surface area contributed by atoms with E-state index in [-0.39, 0.29) is 0 Å². The Morgan fingerprint density at radius 1 is 1.57 bits per heavy atom. The van der Waals surface area contributed by atoms with E-state index in [9.17, 15) is 0 Å². The van der Waals surface area contributed by atoms with Crippen LogP contribution in [-0.2, 0) is 0 Å². The Hall–Kier alpha value is -0.240. The summed E-state index contributed by atoms with van der Waals surface area (Å²) in [6.45, 7) is 3.76. The first-order chi connectivity index (χ1) is 3.31. The molecule has 0 radical (unpaired) electrons. The molecule has 0 rings (SSSR count). The third-order valence-electron chi connectivity index (χ3n) is 0.520. The van der Waals surface area contributed by atoms with Gasteiger partial charge < -0.3 is 0 Å². The van der Waals surface area contributed by atoms with Crippen molar-refractivity contribution in [3.05, 3.63) is 11.1 Å². The molecule has 0 fully saturated rings. The Kier molecular flexibility index (Phi) is 3.80. The predicted molar refractivity (Wildman–Crippen MR) is 36.9 cm³/mol. The average molecular weight is 115 g/mol. The molecule has 0 saturated carbocycles. The lowest BCUT2D eigenvalue weighted by Gasteiger charge is -1.80. The molecule has 0 heterocycles. The number of hydrogen-bond donors (Lipinski definition) is 1. The summed E-state index contributed by atoms with van der Waals surface area (Å²) >= 11 is 3.97. The van der Waals surface area contributed by atoms with E-state index in [1.54, 1.807) is 6.21 Å². The van der Waals surface area contributed by atoms with Crippen molar-refractivity contribution in [2.75, 3.05) is 0 Å². The Balaban J connectivity index is 3.58. The standard InChI is InChI=1S/C5H9NS/c1-3-5(7)6-4-2/h3-4,7H,1-2H3/b5-3+,6-4-. The minimum Gasteiger partial charge on any atom is -0.255 e. The summed E-state index contributed by atoms with van der Waals surface area (Å²) in [5.41, 5.74) is 0. The van der Waals surface area contributed by atoms with Crippen molar-refractivity contribution in [1.29, 1.82) is 0 Å². The van der Waals surface area contributed by atoms with Crippen LogP contribution in [-0.4, -0.2) is 6.21 Å². The van der Waals surface area contributed by atoms with Crippen molar-refractivity contribution in [1.82, 2.24) is 0 Å². The normalized spacial score (nSPS) is 13.3. The highest BCUT2D eigenvalue weighted by Gasteiger charge is 1.71. The first-order valence-electron chi connectivity index (χ1n) is 2.15. The second-order valence-corrected chi connectivity index (χ2v) is 1.49. The van der Waals surface area contributed by atoms with Crippen LogP contribution in [0, 0.1) is 0 Å². The Morgan fingerprint density at radius 3 is 2.29 bits per heavy atom. The number of nitrogens with zero attached hydrogens (tertiary/aromatic N) is 1. The van der Waals surface area contributed by atoms with E-state index in [2.05, 4.69) is 17.6 Å². The minimum absolute atomic E-state index is 0.766. The summed E-state index contributed by atoms with van der Waals surface area (Å²) in [6, 6.07) is 0. The molecule has 0 bridgehead atoms. The Morgan fingerprint density at radius 2 is 2.14 bits per heavy atom. The van der Waals surface area contributed by atoms with Gasteiger partial charge in [-0.1, -0.05) is 6.08 Å². The van der Waals surface area contributed by atoms with Gasteiger partial charge in [0.1, 0.15) is 0 Å². The van der Waals surface area contributed by atoms with Crippen molar-refractivity contribution in [3.63, 3.8) is 0 Å². The predicted octanol–water partition coefficient (Wildman–Crippen LogP) is 1.87. The van der Waals surface area contributed by atoms with Gasteiger partial charge >= 0.3 is 0 Å². The van der Waals surface area contributed by atoms with E-state index < -0.39 is 0 Å². The van der Waals surface area contributed by atoms with Gasteiger partial charge in [-0.25, -0.2) is 0 Å². The first-order valence-corrected chi connectivity index (χ1v) is 2.60. The molecule has 0 spiro atoms. The maximum atomic E-state index is 3.97. The molecule has 0 amide bonds. The first kappa shape index (κ1) is 6.76. The van der Waals surface area contributed by atoms with E-state index in [1.807, 2.05) is 19.9 Å². The van der Waals surface area contributed by atoms with Gasteiger partial charge in [-0.3, -0.25) is 4.99 Å². The largest absolute Gasteiger partial charge is 0.255 e. The molecule has 2 heteroatoms. The van der Waals surface area contributed by atoms with Gasteiger partial charge in [0.25, 0.3) is 0 Å². The molecule has 0 N–H and O–H groups in total. The highest BCUT2D eigenvalue weighted by molar-refractivity contribution is 7.84. The maximum absolute atomic E-state index is 3.97. The molecular formula is C5H9NS. The summed E-state index contributed by atoms with van der Waals surface area (Å²) in [7, 11) is 0. The molecule has 0 aromatic heterocycles. The zero-order chi connectivity index (χ0) is 5.70. The molecule has 0 saturated heterocycles. The molecule has 0 aliphatic heterocycles. The molecule has 0 aromatic carbocycles. The second kappa shape index (κ2) is 3.93. The van der Waals surface area contributed by atoms with E-state index in [1.165, 1.54) is 0 Å². The Labute approximate surface area is 49.6 Å². The molecule has 40 valence electrons. The number of hydrogen-bond acceptors (Lipinski definition) is 2. The third-order valence-corrected chi connectivity index (χ3v) is 0.893. The number of thiol groups is 1. The monoisotopic (exact) mass is 115 g/mol. The summed E-state index contributed by atoms with van der Waals surface area (Å²) in [5, 5.41) is 0.766. The summed E-state index contributed by atoms with van der Waals surface area (Å²) in [5.74, 6) is 0. The lowest BCUT2D eigenvalue weighted by atomic mass is 10.7. The summed E-state index contributed by atoms with van der Waals surface area (Å²) in [6.07, 6.45) is 3.55. The molecule has 1 nitrogen and oxygen atoms in total. The molecule has 7 heavy (non-hydrogen) atoms. The summed E-state index contributed by atoms with van der Waals surface area (Å²) in [4.78, 5) is 3.84. The Bertz CT molecular complexity index is 94.3. The van der Waals surface area contributed by atoms with Gasteiger partial charge in [-0.15, -0.1) is 12.6 Å². The van der Waals surface area contributed by atoms with Crippen LogP contribution in [0.15, 0.2) is 16.1 Å². The zero-order valence-corrected chi connectivity index (χ0v) is 5.44. The van der Waals surface area contributed by atoms with E-state index in [0.29, 0.717) is 0 Å². The van der Waals surface area contributed by atoms with Gasteiger partial charge in [0.2, 0.25) is 0 Å². The fourth-order valence-electron chi connectivity index (χ4n) is 0.207. The van der Waals surface area contributed by atoms with Gasteiger partial charge in [0.05, 0.1) is 5.03 Å². The van der Waals surface area contributed by atoms with Crippen molar-refractivity contribution in [3.8, 4) is 0 Å². The quantitative estimate of drug-likeness (QED) is 0.395. The third kappa shape index (κ3) is 3.59. The van der Waals surface area contributed by atoms with Gasteiger partial charge in [0, 0.05) is 6.21 Å². The minimum atomic E-state index is 0.766. The van der Waals surface area contributed by atoms with Crippen LogP contribution in [0.5, 0.6) is 0 Å². The SMILES string of the molecule is C/C=N\C(S)=C/C. The topological polar surface area (TPSA) is 12.4 Å². The molecule has 0 aliphatic rings. The van der Waals surface area contributed by atoms with Gasteiger partial charge in [-0.05, 0) is 13.8 Å². The van der Waals surface area contributed by atoms with Crippen LogP contribution in [0.25, 0.3) is 0 Å². The van der Waals surface area contributed by atoms with E-state index in [0.717, 1.165) is 5.03 Å².